The van der Waals surface area contributed by atoms with E-state index in [9.17, 15) is 18.0 Å². The number of nitrogens with one attached hydrogen (secondary N) is 2. The highest BCUT2D eigenvalue weighted by atomic mass is 35.5. The lowest BCUT2D eigenvalue weighted by Gasteiger charge is -2.34. The molecule has 2 aromatic rings. The molecule has 2 N–H and O–H groups in total. The van der Waals surface area contributed by atoms with Gasteiger partial charge in [-0.15, -0.1) is 6.42 Å². The Morgan fingerprint density at radius 3 is 2.44 bits per heavy atom. The molecule has 0 bridgehead atoms. The van der Waals surface area contributed by atoms with E-state index in [2.05, 4.69) is 16.0 Å². The van der Waals surface area contributed by atoms with E-state index in [1.807, 2.05) is 13.0 Å². The van der Waals surface area contributed by atoms with Crippen LogP contribution < -0.4 is 10.0 Å². The molecule has 1 heterocycles. The van der Waals surface area contributed by atoms with E-state index in [-0.39, 0.29) is 28.9 Å². The number of carbonyl (C=O) groups is 2. The number of carbonyl (C=O) groups excluding carboxylic acids is 2. The summed E-state index contributed by atoms with van der Waals surface area (Å²) in [5, 5.41) is 3.37. The molecule has 3 rings (SSSR count). The number of anilines is 1. The van der Waals surface area contributed by atoms with Crippen LogP contribution in [0.4, 0.5) is 10.5 Å². The van der Waals surface area contributed by atoms with Crippen molar-refractivity contribution in [3.8, 4) is 12.3 Å². The summed E-state index contributed by atoms with van der Waals surface area (Å²) < 4.78 is 26.8. The Morgan fingerprint density at radius 2 is 1.78 bits per heavy atom. The third-order valence-corrected chi connectivity index (χ3v) is 6.84. The lowest BCUT2D eigenvalue weighted by molar-refractivity contribution is 0.0671. The van der Waals surface area contributed by atoms with Gasteiger partial charge in [-0.2, -0.15) is 4.72 Å². The van der Waals surface area contributed by atoms with E-state index in [1.165, 1.54) is 18.2 Å². The number of halogens is 1. The lowest BCUT2D eigenvalue weighted by atomic mass is 10.2. The van der Waals surface area contributed by atoms with E-state index in [1.54, 1.807) is 28.0 Å². The van der Waals surface area contributed by atoms with Crippen molar-refractivity contribution in [1.29, 1.82) is 0 Å². The van der Waals surface area contributed by atoms with Crippen LogP contribution in [0.15, 0.2) is 47.4 Å². The first-order valence-electron chi connectivity index (χ1n) is 9.86. The molecule has 0 aromatic heterocycles. The number of nitrogens with zero attached hydrogens (tertiary/aromatic N) is 2. The Labute approximate surface area is 192 Å². The monoisotopic (exact) mass is 474 g/mol. The van der Waals surface area contributed by atoms with Gasteiger partial charge in [0.15, 0.2) is 0 Å². The van der Waals surface area contributed by atoms with Crippen LogP contribution in [0, 0.1) is 19.3 Å². The zero-order chi connectivity index (χ0) is 23.3. The summed E-state index contributed by atoms with van der Waals surface area (Å²) in [5.41, 5.74) is 1.77. The summed E-state index contributed by atoms with van der Waals surface area (Å²) in [6.07, 6.45) is 5.10. The molecule has 0 saturated carbocycles. The number of sulfonamides is 1. The highest BCUT2D eigenvalue weighted by Crippen LogP contribution is 2.21. The Hall–Kier alpha value is -3.06. The molecule has 1 aliphatic rings. The molecule has 1 fully saturated rings. The average molecular weight is 475 g/mol. The number of hydrogen-bond donors (Lipinski definition) is 2. The minimum absolute atomic E-state index is 0.0339. The number of amides is 3. The van der Waals surface area contributed by atoms with Crippen LogP contribution in [-0.2, 0) is 10.0 Å². The molecule has 1 saturated heterocycles. The average Bonchev–Trinajstić information content (AvgIpc) is 2.80. The fraction of sp³-hybridized carbons (Fsp3) is 0.273. The number of urea groups is 1. The molecule has 32 heavy (non-hydrogen) atoms. The maximum atomic E-state index is 12.9. The van der Waals surface area contributed by atoms with Gasteiger partial charge in [-0.25, -0.2) is 13.2 Å². The third-order valence-electron chi connectivity index (χ3n) is 5.03. The van der Waals surface area contributed by atoms with Crippen molar-refractivity contribution in [2.24, 2.45) is 0 Å². The maximum Gasteiger partial charge on any atom is 0.321 e. The Bertz CT molecular complexity index is 1170. The third kappa shape index (κ3) is 5.59. The molecule has 0 aliphatic carbocycles. The first-order valence-corrected chi connectivity index (χ1v) is 11.7. The highest BCUT2D eigenvalue weighted by Gasteiger charge is 2.26. The summed E-state index contributed by atoms with van der Waals surface area (Å²) in [6.45, 7) is 3.08. The number of terminal acetylenes is 1. The molecule has 8 nitrogen and oxygen atoms in total. The molecule has 0 spiro atoms. The molecule has 3 amide bonds. The Kier molecular flexibility index (Phi) is 7.40. The Balaban J connectivity index is 1.61. The van der Waals surface area contributed by atoms with Gasteiger partial charge in [-0.05, 0) is 42.8 Å². The summed E-state index contributed by atoms with van der Waals surface area (Å²) >= 11 is 6.10. The number of aryl methyl sites for hydroxylation is 1. The zero-order valence-corrected chi connectivity index (χ0v) is 19.0. The minimum atomic E-state index is -3.80. The van der Waals surface area contributed by atoms with Gasteiger partial charge < -0.3 is 15.1 Å². The smallest absolute Gasteiger partial charge is 0.321 e. The second-order valence-electron chi connectivity index (χ2n) is 7.23. The van der Waals surface area contributed by atoms with Crippen LogP contribution in [0.2, 0.25) is 5.02 Å². The van der Waals surface area contributed by atoms with E-state index < -0.39 is 10.0 Å². The van der Waals surface area contributed by atoms with Crippen LogP contribution >= 0.6 is 11.6 Å². The van der Waals surface area contributed by atoms with Crippen molar-refractivity contribution < 1.29 is 18.0 Å². The topological polar surface area (TPSA) is 98.8 Å². The van der Waals surface area contributed by atoms with Crippen LogP contribution in [0.3, 0.4) is 0 Å². The largest absolute Gasteiger partial charge is 0.335 e. The molecule has 168 valence electrons. The zero-order valence-electron chi connectivity index (χ0n) is 17.5. The number of piperazine rings is 1. The fourth-order valence-electron chi connectivity index (χ4n) is 3.18. The molecule has 2 aromatic carbocycles. The van der Waals surface area contributed by atoms with Gasteiger partial charge in [0.2, 0.25) is 10.0 Å². The van der Waals surface area contributed by atoms with Gasteiger partial charge in [-0.1, -0.05) is 29.7 Å². The standard InChI is InChI=1S/C22H23ClN4O4S/c1-3-9-24-32(30,31)19-6-4-5-17(14-19)21(28)26-10-12-27(13-11-26)22(29)25-18-8-7-16(2)20(23)15-18/h1,4-8,14-15,24H,9-13H2,2H3,(H,25,29). The van der Waals surface area contributed by atoms with E-state index in [0.29, 0.717) is 36.9 Å². The normalized spacial score (nSPS) is 14.0. The van der Waals surface area contributed by atoms with Gasteiger partial charge in [0.25, 0.3) is 5.91 Å². The van der Waals surface area contributed by atoms with Gasteiger partial charge in [-0.3, -0.25) is 4.79 Å². The molecule has 0 atom stereocenters. The van der Waals surface area contributed by atoms with Crippen molar-refractivity contribution in [2.45, 2.75) is 11.8 Å². The Morgan fingerprint density at radius 1 is 1.09 bits per heavy atom. The summed E-state index contributed by atoms with van der Waals surface area (Å²) in [7, 11) is -3.80. The van der Waals surface area contributed by atoms with Crippen molar-refractivity contribution >= 4 is 39.2 Å². The minimum Gasteiger partial charge on any atom is -0.335 e. The van der Waals surface area contributed by atoms with E-state index >= 15 is 0 Å². The second kappa shape index (κ2) is 10.0. The molecule has 0 unspecified atom stereocenters. The number of rotatable bonds is 5. The summed E-state index contributed by atoms with van der Waals surface area (Å²) in [5.74, 6) is 1.91. The number of hydrogen-bond acceptors (Lipinski definition) is 4. The van der Waals surface area contributed by atoms with Crippen LogP contribution in [0.1, 0.15) is 15.9 Å². The van der Waals surface area contributed by atoms with Gasteiger partial charge in [0.1, 0.15) is 0 Å². The van der Waals surface area contributed by atoms with Crippen LogP contribution in [0.5, 0.6) is 0 Å². The lowest BCUT2D eigenvalue weighted by Crippen LogP contribution is -2.51. The van der Waals surface area contributed by atoms with E-state index in [0.717, 1.165) is 5.56 Å². The van der Waals surface area contributed by atoms with Crippen LogP contribution in [-0.4, -0.2) is 62.9 Å². The summed E-state index contributed by atoms with van der Waals surface area (Å²) in [6, 6.07) is 10.8. The molecule has 0 radical (unpaired) electrons. The fourth-order valence-corrected chi connectivity index (χ4v) is 4.35. The summed E-state index contributed by atoms with van der Waals surface area (Å²) in [4.78, 5) is 28.6. The van der Waals surface area contributed by atoms with Gasteiger partial charge in [0, 0.05) is 42.5 Å². The van der Waals surface area contributed by atoms with Gasteiger partial charge >= 0.3 is 6.03 Å². The SMILES string of the molecule is C#CCNS(=O)(=O)c1cccc(C(=O)N2CCN(C(=O)Nc3ccc(C)c(Cl)c3)CC2)c1. The first kappa shape index (κ1) is 23.6. The van der Waals surface area contributed by atoms with Crippen molar-refractivity contribution in [3.05, 3.63) is 58.6 Å². The molecule has 1 aliphatic heterocycles. The second-order valence-corrected chi connectivity index (χ2v) is 9.40. The van der Waals surface area contributed by atoms with Gasteiger partial charge in [0.05, 0.1) is 11.4 Å². The highest BCUT2D eigenvalue weighted by molar-refractivity contribution is 7.89. The quantitative estimate of drug-likeness (QED) is 0.650. The van der Waals surface area contributed by atoms with Crippen molar-refractivity contribution in [2.75, 3.05) is 38.0 Å². The predicted molar refractivity (Wildman–Crippen MR) is 123 cm³/mol. The van der Waals surface area contributed by atoms with Crippen LogP contribution in [0.25, 0.3) is 0 Å². The molecular formula is C22H23ClN4O4S. The van der Waals surface area contributed by atoms with Crippen molar-refractivity contribution in [1.82, 2.24) is 14.5 Å². The first-order chi connectivity index (χ1) is 15.2. The predicted octanol–water partition coefficient (Wildman–Crippen LogP) is 2.55. The molecular weight excluding hydrogens is 452 g/mol. The number of benzene rings is 2. The maximum absolute atomic E-state index is 12.9. The van der Waals surface area contributed by atoms with Crippen molar-refractivity contribution in [3.63, 3.8) is 0 Å². The molecule has 10 heteroatoms. The van der Waals surface area contributed by atoms with E-state index in [4.69, 9.17) is 18.0 Å².